The van der Waals surface area contributed by atoms with Crippen molar-refractivity contribution in [3.63, 3.8) is 0 Å². The Morgan fingerprint density at radius 2 is 1.82 bits per heavy atom. The van der Waals surface area contributed by atoms with Gasteiger partial charge < -0.3 is 24.6 Å². The number of hydrogen-bond donors (Lipinski definition) is 2. The van der Waals surface area contributed by atoms with Crippen LogP contribution >= 0.6 is 0 Å². The van der Waals surface area contributed by atoms with Crippen LogP contribution in [0.5, 0.6) is 0 Å². The van der Waals surface area contributed by atoms with Gasteiger partial charge in [0, 0.05) is 31.6 Å². The summed E-state index contributed by atoms with van der Waals surface area (Å²) in [5, 5.41) is 12.2. The molecule has 0 bridgehead atoms. The van der Waals surface area contributed by atoms with Crippen molar-refractivity contribution in [2.24, 2.45) is 5.92 Å². The standard InChI is InChI=1S/C26H30FNO6/c1-3-33-26-21(5-4-14-29)22(18-8-10-19(11-9-18)25(31)32-2)15-23(34-26)24(30)28-16-17-6-12-20(27)13-7-17/h6-13,15,21-22,26,29H,3-5,14,16H2,1-2H3,(H,28,30). The number of amides is 1. The molecular weight excluding hydrogens is 441 g/mol. The van der Waals surface area contributed by atoms with Gasteiger partial charge >= 0.3 is 5.97 Å². The molecule has 0 aliphatic carbocycles. The summed E-state index contributed by atoms with van der Waals surface area (Å²) in [5.41, 5.74) is 2.06. The molecule has 7 nitrogen and oxygen atoms in total. The maximum atomic E-state index is 13.1. The maximum absolute atomic E-state index is 13.1. The van der Waals surface area contributed by atoms with Crippen LogP contribution < -0.4 is 5.32 Å². The third kappa shape index (κ3) is 6.42. The van der Waals surface area contributed by atoms with E-state index >= 15 is 0 Å². The van der Waals surface area contributed by atoms with Gasteiger partial charge in [0.2, 0.25) is 6.29 Å². The third-order valence-electron chi connectivity index (χ3n) is 5.72. The number of aliphatic hydroxyl groups excluding tert-OH is 1. The van der Waals surface area contributed by atoms with Gasteiger partial charge in [-0.1, -0.05) is 24.3 Å². The lowest BCUT2D eigenvalue weighted by Crippen LogP contribution is -2.39. The van der Waals surface area contributed by atoms with Crippen LogP contribution in [0, 0.1) is 11.7 Å². The first-order chi connectivity index (χ1) is 16.5. The van der Waals surface area contributed by atoms with Crippen molar-refractivity contribution in [2.75, 3.05) is 20.3 Å². The molecule has 182 valence electrons. The van der Waals surface area contributed by atoms with Crippen molar-refractivity contribution in [2.45, 2.75) is 38.5 Å². The molecule has 3 rings (SSSR count). The van der Waals surface area contributed by atoms with E-state index in [1.54, 1.807) is 30.3 Å². The highest BCUT2D eigenvalue weighted by Crippen LogP contribution is 2.39. The van der Waals surface area contributed by atoms with E-state index in [9.17, 15) is 19.1 Å². The summed E-state index contributed by atoms with van der Waals surface area (Å²) in [7, 11) is 1.33. The summed E-state index contributed by atoms with van der Waals surface area (Å²) >= 11 is 0. The van der Waals surface area contributed by atoms with Crippen molar-refractivity contribution < 1.29 is 33.3 Å². The summed E-state index contributed by atoms with van der Waals surface area (Å²) in [6, 6.07) is 12.9. The molecule has 2 aromatic carbocycles. The predicted molar refractivity (Wildman–Crippen MR) is 123 cm³/mol. The number of nitrogens with one attached hydrogen (secondary N) is 1. The average Bonchev–Trinajstić information content (AvgIpc) is 2.86. The van der Waals surface area contributed by atoms with Gasteiger partial charge in [-0.05, 0) is 61.2 Å². The van der Waals surface area contributed by atoms with Crippen LogP contribution in [-0.4, -0.2) is 43.6 Å². The molecular formula is C26H30FNO6. The molecule has 0 fully saturated rings. The number of ether oxygens (including phenoxy) is 3. The van der Waals surface area contributed by atoms with Gasteiger partial charge in [0.15, 0.2) is 5.76 Å². The summed E-state index contributed by atoms with van der Waals surface area (Å²) in [4.78, 5) is 24.7. The zero-order valence-corrected chi connectivity index (χ0v) is 19.3. The summed E-state index contributed by atoms with van der Waals surface area (Å²) in [6.45, 7) is 2.47. The number of esters is 1. The molecule has 2 N–H and O–H groups in total. The van der Waals surface area contributed by atoms with E-state index in [1.165, 1.54) is 19.2 Å². The van der Waals surface area contributed by atoms with Gasteiger partial charge in [-0.3, -0.25) is 4.79 Å². The van der Waals surface area contributed by atoms with Gasteiger partial charge in [0.1, 0.15) is 5.82 Å². The van der Waals surface area contributed by atoms with E-state index < -0.39 is 18.2 Å². The zero-order chi connectivity index (χ0) is 24.5. The Morgan fingerprint density at radius 1 is 1.12 bits per heavy atom. The van der Waals surface area contributed by atoms with Crippen LogP contribution in [0.15, 0.2) is 60.4 Å². The Hall–Kier alpha value is -3.23. The fourth-order valence-electron chi connectivity index (χ4n) is 3.98. The number of aliphatic hydroxyl groups is 1. The Kier molecular flexibility index (Phi) is 9.18. The van der Waals surface area contributed by atoms with Crippen LogP contribution in [0.2, 0.25) is 0 Å². The molecule has 3 unspecified atom stereocenters. The van der Waals surface area contributed by atoms with Gasteiger partial charge in [0.25, 0.3) is 5.91 Å². The minimum atomic E-state index is -0.682. The first-order valence-electron chi connectivity index (χ1n) is 11.3. The molecule has 1 heterocycles. The van der Waals surface area contributed by atoms with Crippen molar-refractivity contribution in [3.05, 3.63) is 82.9 Å². The quantitative estimate of drug-likeness (QED) is 0.514. The second-order valence-electron chi connectivity index (χ2n) is 7.95. The number of carbonyl (C=O) groups is 2. The minimum absolute atomic E-state index is 0.0259. The molecule has 8 heteroatoms. The molecule has 3 atom stereocenters. The average molecular weight is 472 g/mol. The number of methoxy groups -OCH3 is 1. The van der Waals surface area contributed by atoms with Crippen LogP contribution in [0.25, 0.3) is 0 Å². The minimum Gasteiger partial charge on any atom is -0.465 e. The largest absolute Gasteiger partial charge is 0.465 e. The molecule has 1 amide bonds. The number of rotatable bonds is 10. The normalized spacial score (nSPS) is 19.6. The molecule has 0 radical (unpaired) electrons. The Labute approximate surface area is 198 Å². The van der Waals surface area contributed by atoms with Crippen LogP contribution in [-0.2, 0) is 25.5 Å². The first-order valence-corrected chi connectivity index (χ1v) is 11.3. The molecule has 0 spiro atoms. The fraction of sp³-hybridized carbons (Fsp3) is 0.385. The van der Waals surface area contributed by atoms with Gasteiger partial charge in [0.05, 0.1) is 12.7 Å². The lowest BCUT2D eigenvalue weighted by atomic mass is 9.80. The SMILES string of the molecule is CCOC1OC(C(=O)NCc2ccc(F)cc2)=CC(c2ccc(C(=O)OC)cc2)C1CCCO. The van der Waals surface area contributed by atoms with E-state index in [-0.39, 0.29) is 36.6 Å². The van der Waals surface area contributed by atoms with Gasteiger partial charge in [-0.25, -0.2) is 9.18 Å². The third-order valence-corrected chi connectivity index (χ3v) is 5.72. The Bertz CT molecular complexity index is 989. The van der Waals surface area contributed by atoms with E-state index in [4.69, 9.17) is 14.2 Å². The van der Waals surface area contributed by atoms with E-state index in [1.807, 2.05) is 19.1 Å². The monoisotopic (exact) mass is 471 g/mol. The number of carbonyl (C=O) groups excluding carboxylic acids is 2. The van der Waals surface area contributed by atoms with E-state index in [2.05, 4.69) is 5.32 Å². The van der Waals surface area contributed by atoms with Crippen LogP contribution in [0.3, 0.4) is 0 Å². The van der Waals surface area contributed by atoms with Crippen LogP contribution in [0.1, 0.15) is 47.2 Å². The Balaban J connectivity index is 1.87. The number of halogens is 1. The second kappa shape index (κ2) is 12.3. The molecule has 0 saturated heterocycles. The van der Waals surface area contributed by atoms with Crippen molar-refractivity contribution in [1.82, 2.24) is 5.32 Å². The van der Waals surface area contributed by atoms with E-state index in [0.717, 1.165) is 11.1 Å². The molecule has 0 saturated carbocycles. The predicted octanol–water partition coefficient (Wildman–Crippen LogP) is 3.68. The lowest BCUT2D eigenvalue weighted by Gasteiger charge is -2.37. The van der Waals surface area contributed by atoms with Crippen LogP contribution in [0.4, 0.5) is 4.39 Å². The zero-order valence-electron chi connectivity index (χ0n) is 19.3. The molecule has 2 aromatic rings. The maximum Gasteiger partial charge on any atom is 0.337 e. The lowest BCUT2D eigenvalue weighted by molar-refractivity contribution is -0.166. The van der Waals surface area contributed by atoms with Crippen molar-refractivity contribution in [3.8, 4) is 0 Å². The molecule has 0 aromatic heterocycles. The van der Waals surface area contributed by atoms with Crippen molar-refractivity contribution in [1.29, 1.82) is 0 Å². The fourth-order valence-corrected chi connectivity index (χ4v) is 3.98. The van der Waals surface area contributed by atoms with E-state index in [0.29, 0.717) is 25.0 Å². The number of allylic oxidation sites excluding steroid dienone is 1. The summed E-state index contributed by atoms with van der Waals surface area (Å²) < 4.78 is 29.7. The molecule has 34 heavy (non-hydrogen) atoms. The Morgan fingerprint density at radius 3 is 2.44 bits per heavy atom. The topological polar surface area (TPSA) is 94.1 Å². The number of benzene rings is 2. The highest BCUT2D eigenvalue weighted by molar-refractivity contribution is 5.92. The van der Waals surface area contributed by atoms with Gasteiger partial charge in [-0.2, -0.15) is 0 Å². The number of hydrogen-bond acceptors (Lipinski definition) is 6. The molecule has 1 aliphatic rings. The van der Waals surface area contributed by atoms with Gasteiger partial charge in [-0.15, -0.1) is 0 Å². The highest BCUT2D eigenvalue weighted by atomic mass is 19.1. The smallest absolute Gasteiger partial charge is 0.337 e. The van der Waals surface area contributed by atoms with Crippen molar-refractivity contribution >= 4 is 11.9 Å². The molecule has 1 aliphatic heterocycles. The summed E-state index contributed by atoms with van der Waals surface area (Å²) in [6.07, 6.45) is 2.24. The summed E-state index contributed by atoms with van der Waals surface area (Å²) in [5.74, 6) is -1.45. The second-order valence-corrected chi connectivity index (χ2v) is 7.95. The highest BCUT2D eigenvalue weighted by Gasteiger charge is 2.37. The first kappa shape index (κ1) is 25.4.